The summed E-state index contributed by atoms with van der Waals surface area (Å²) in [7, 11) is 0. The van der Waals surface area contributed by atoms with Gasteiger partial charge in [0.05, 0.1) is 25.0 Å². The maximum absolute atomic E-state index is 12.5. The number of ether oxygens (including phenoxy) is 2. The molecule has 0 amide bonds. The molecule has 4 nitrogen and oxygen atoms in total. The Hall–Kier alpha value is -1.06. The van der Waals surface area contributed by atoms with Crippen molar-refractivity contribution < 1.29 is 19.1 Å². The van der Waals surface area contributed by atoms with Crippen LogP contribution in [0.15, 0.2) is 0 Å². The zero-order chi connectivity index (χ0) is 18.7. The third kappa shape index (κ3) is 7.37. The molecule has 0 aromatic rings. The summed E-state index contributed by atoms with van der Waals surface area (Å²) in [6, 6.07) is 0. The van der Waals surface area contributed by atoms with Crippen molar-refractivity contribution in [3.8, 4) is 0 Å². The molecule has 146 valence electrons. The summed E-state index contributed by atoms with van der Waals surface area (Å²) in [6.45, 7) is 9.35. The molecule has 0 aromatic carbocycles. The van der Waals surface area contributed by atoms with Crippen LogP contribution >= 0.6 is 0 Å². The molecule has 0 radical (unpaired) electrons. The Morgan fingerprint density at radius 2 is 1.12 bits per heavy atom. The van der Waals surface area contributed by atoms with E-state index in [0.717, 1.165) is 44.9 Å². The lowest BCUT2D eigenvalue weighted by molar-refractivity contribution is -0.161. The summed E-state index contributed by atoms with van der Waals surface area (Å²) in [5.41, 5.74) is 0. The molecule has 0 N–H and O–H groups in total. The van der Waals surface area contributed by atoms with Gasteiger partial charge in [0, 0.05) is 0 Å². The topological polar surface area (TPSA) is 52.6 Å². The number of unbranched alkanes of at least 4 members (excludes halogenated alkanes) is 6. The van der Waals surface area contributed by atoms with E-state index in [4.69, 9.17) is 9.47 Å². The lowest BCUT2D eigenvalue weighted by atomic mass is 9.88. The first-order valence-electron chi connectivity index (χ1n) is 10.4. The molecule has 1 aliphatic rings. The van der Waals surface area contributed by atoms with Gasteiger partial charge in [0.2, 0.25) is 0 Å². The fraction of sp³-hybridized carbons (Fsp3) is 0.905. The molecule has 1 aliphatic carbocycles. The van der Waals surface area contributed by atoms with E-state index in [9.17, 15) is 9.59 Å². The maximum atomic E-state index is 12.5. The number of carbonyl (C=O) groups is 2. The van der Waals surface area contributed by atoms with Crippen LogP contribution < -0.4 is 0 Å². The second-order valence-electron chi connectivity index (χ2n) is 7.70. The number of esters is 2. The fourth-order valence-corrected chi connectivity index (χ4v) is 3.94. The second kappa shape index (κ2) is 12.3. The Morgan fingerprint density at radius 3 is 1.48 bits per heavy atom. The molecule has 1 fully saturated rings. The van der Waals surface area contributed by atoms with Crippen LogP contribution in [-0.2, 0) is 19.1 Å². The fourth-order valence-electron chi connectivity index (χ4n) is 3.94. The van der Waals surface area contributed by atoms with E-state index in [-0.39, 0.29) is 35.6 Å². The number of hydrogen-bond acceptors (Lipinski definition) is 4. The summed E-state index contributed by atoms with van der Waals surface area (Å²) < 4.78 is 11.0. The van der Waals surface area contributed by atoms with Crippen molar-refractivity contribution >= 4 is 11.9 Å². The molecular formula is C21H38O4. The lowest BCUT2D eigenvalue weighted by Gasteiger charge is -2.22. The van der Waals surface area contributed by atoms with Crippen molar-refractivity contribution in [1.82, 2.24) is 0 Å². The molecule has 4 atom stereocenters. The summed E-state index contributed by atoms with van der Waals surface area (Å²) in [6.07, 6.45) is 9.53. The average molecular weight is 355 g/mol. The molecule has 25 heavy (non-hydrogen) atoms. The van der Waals surface area contributed by atoms with Crippen molar-refractivity contribution in [3.05, 3.63) is 0 Å². The van der Waals surface area contributed by atoms with E-state index < -0.39 is 0 Å². The SMILES string of the molecule is CCCCCCOC(=O)C1C(C)CC(C)C1C(=O)OCCCCCC. The van der Waals surface area contributed by atoms with E-state index >= 15 is 0 Å². The monoisotopic (exact) mass is 354 g/mol. The van der Waals surface area contributed by atoms with Gasteiger partial charge in [0.15, 0.2) is 0 Å². The van der Waals surface area contributed by atoms with Gasteiger partial charge in [-0.2, -0.15) is 0 Å². The first kappa shape index (κ1) is 22.0. The van der Waals surface area contributed by atoms with Gasteiger partial charge in [-0.05, 0) is 31.1 Å². The van der Waals surface area contributed by atoms with Crippen LogP contribution in [0, 0.1) is 23.7 Å². The normalized spacial score (nSPS) is 25.8. The molecule has 0 heterocycles. The first-order chi connectivity index (χ1) is 12.0. The lowest BCUT2D eigenvalue weighted by Crippen LogP contribution is -2.33. The zero-order valence-corrected chi connectivity index (χ0v) is 16.7. The summed E-state index contributed by atoms with van der Waals surface area (Å²) >= 11 is 0. The van der Waals surface area contributed by atoms with E-state index in [1.807, 2.05) is 13.8 Å². The predicted molar refractivity (Wildman–Crippen MR) is 100 cm³/mol. The highest BCUT2D eigenvalue weighted by Gasteiger charge is 2.48. The Bertz CT molecular complexity index is 357. The Kier molecular flexibility index (Phi) is 10.8. The molecular weight excluding hydrogens is 316 g/mol. The Labute approximate surface area is 154 Å². The molecule has 0 spiro atoms. The third-order valence-electron chi connectivity index (χ3n) is 5.39. The van der Waals surface area contributed by atoms with E-state index in [0.29, 0.717) is 13.2 Å². The van der Waals surface area contributed by atoms with Gasteiger partial charge >= 0.3 is 11.9 Å². The summed E-state index contributed by atoms with van der Waals surface area (Å²) in [5.74, 6) is -0.747. The van der Waals surface area contributed by atoms with Crippen LogP contribution in [0.25, 0.3) is 0 Å². The van der Waals surface area contributed by atoms with Gasteiger partial charge in [-0.15, -0.1) is 0 Å². The maximum Gasteiger partial charge on any atom is 0.310 e. The minimum absolute atomic E-state index is 0.177. The number of hydrogen-bond donors (Lipinski definition) is 0. The molecule has 4 heteroatoms. The molecule has 4 unspecified atom stereocenters. The summed E-state index contributed by atoms with van der Waals surface area (Å²) in [4.78, 5) is 25.1. The highest BCUT2D eigenvalue weighted by atomic mass is 16.5. The van der Waals surface area contributed by atoms with E-state index in [1.54, 1.807) is 0 Å². The molecule has 0 aliphatic heterocycles. The third-order valence-corrected chi connectivity index (χ3v) is 5.39. The molecule has 0 aromatic heterocycles. The first-order valence-corrected chi connectivity index (χ1v) is 10.4. The molecule has 1 rings (SSSR count). The molecule has 1 saturated carbocycles. The smallest absolute Gasteiger partial charge is 0.310 e. The van der Waals surface area contributed by atoms with E-state index in [1.165, 1.54) is 12.8 Å². The van der Waals surface area contributed by atoms with Crippen LogP contribution in [0.1, 0.15) is 85.5 Å². The van der Waals surface area contributed by atoms with Crippen LogP contribution in [0.3, 0.4) is 0 Å². The predicted octanol–water partition coefficient (Wildman–Crippen LogP) is 5.14. The minimum atomic E-state index is -0.343. The van der Waals surface area contributed by atoms with Crippen LogP contribution in [0.2, 0.25) is 0 Å². The molecule has 0 bridgehead atoms. The van der Waals surface area contributed by atoms with Crippen molar-refractivity contribution in [1.29, 1.82) is 0 Å². The van der Waals surface area contributed by atoms with Gasteiger partial charge in [-0.3, -0.25) is 9.59 Å². The number of rotatable bonds is 12. The quantitative estimate of drug-likeness (QED) is 0.359. The highest BCUT2D eigenvalue weighted by molar-refractivity contribution is 5.83. The minimum Gasteiger partial charge on any atom is -0.465 e. The Morgan fingerprint density at radius 1 is 0.720 bits per heavy atom. The second-order valence-corrected chi connectivity index (χ2v) is 7.70. The van der Waals surface area contributed by atoms with Gasteiger partial charge in [-0.1, -0.05) is 66.2 Å². The Balaban J connectivity index is 2.48. The zero-order valence-electron chi connectivity index (χ0n) is 16.7. The van der Waals surface area contributed by atoms with Crippen molar-refractivity contribution in [2.75, 3.05) is 13.2 Å². The van der Waals surface area contributed by atoms with Crippen molar-refractivity contribution in [3.63, 3.8) is 0 Å². The van der Waals surface area contributed by atoms with Gasteiger partial charge in [0.25, 0.3) is 0 Å². The number of carbonyl (C=O) groups excluding carboxylic acids is 2. The summed E-state index contributed by atoms with van der Waals surface area (Å²) in [5, 5.41) is 0. The van der Waals surface area contributed by atoms with Gasteiger partial charge in [0.1, 0.15) is 0 Å². The van der Waals surface area contributed by atoms with Crippen molar-refractivity contribution in [2.45, 2.75) is 85.5 Å². The van der Waals surface area contributed by atoms with Crippen LogP contribution in [0.5, 0.6) is 0 Å². The molecule has 0 saturated heterocycles. The largest absolute Gasteiger partial charge is 0.465 e. The van der Waals surface area contributed by atoms with Crippen LogP contribution in [-0.4, -0.2) is 25.2 Å². The van der Waals surface area contributed by atoms with E-state index in [2.05, 4.69) is 13.8 Å². The highest BCUT2D eigenvalue weighted by Crippen LogP contribution is 2.42. The van der Waals surface area contributed by atoms with Gasteiger partial charge in [-0.25, -0.2) is 0 Å². The van der Waals surface area contributed by atoms with Crippen LogP contribution in [0.4, 0.5) is 0 Å². The standard InChI is InChI=1S/C21H38O4/c1-5-7-9-11-13-24-20(22)18-16(3)15-17(4)19(18)21(23)25-14-12-10-8-6-2/h16-19H,5-15H2,1-4H3. The average Bonchev–Trinajstić information content (AvgIpc) is 2.88. The van der Waals surface area contributed by atoms with Crippen molar-refractivity contribution in [2.24, 2.45) is 23.7 Å². The van der Waals surface area contributed by atoms with Gasteiger partial charge < -0.3 is 9.47 Å².